The second kappa shape index (κ2) is 8.80. The molecule has 0 saturated heterocycles. The molecule has 0 aliphatic carbocycles. The van der Waals surface area contributed by atoms with Crippen molar-refractivity contribution >= 4 is 72.1 Å². The van der Waals surface area contributed by atoms with Crippen molar-refractivity contribution in [2.75, 3.05) is 18.4 Å². The third kappa shape index (κ3) is 3.94. The predicted molar refractivity (Wildman–Crippen MR) is 129 cm³/mol. The first-order chi connectivity index (χ1) is 14.1. The van der Waals surface area contributed by atoms with Gasteiger partial charge in [0, 0.05) is 23.5 Å². The molecule has 156 valence electrons. The Balaban J connectivity index is 0.00000218. The maximum absolute atomic E-state index is 12.8. The molecule has 4 aromatic rings. The van der Waals surface area contributed by atoms with Crippen LogP contribution < -0.4 is 5.32 Å². The van der Waals surface area contributed by atoms with Gasteiger partial charge in [-0.1, -0.05) is 19.1 Å². The number of fused-ring (bicyclic) bond motifs is 2. The zero-order valence-electron chi connectivity index (χ0n) is 16.1. The molecule has 0 spiro atoms. The first-order valence-corrected chi connectivity index (χ1v) is 11.8. The predicted octanol–water partition coefficient (Wildman–Crippen LogP) is 6.43. The van der Waals surface area contributed by atoms with Crippen molar-refractivity contribution in [2.45, 2.75) is 19.9 Å². The number of anilines is 1. The topological polar surface area (TPSA) is 58.4 Å². The molecule has 5 rings (SSSR count). The third-order valence-corrected chi connectivity index (χ3v) is 7.73. The second-order valence-corrected chi connectivity index (χ2v) is 9.79. The van der Waals surface area contributed by atoms with Crippen molar-refractivity contribution in [3.8, 4) is 10.6 Å². The average Bonchev–Trinajstić information content (AvgIpc) is 3.42. The maximum Gasteiger partial charge on any atom is 0.292 e. The van der Waals surface area contributed by atoms with Gasteiger partial charge in [0.05, 0.1) is 10.2 Å². The van der Waals surface area contributed by atoms with Gasteiger partial charge in [-0.15, -0.1) is 35.1 Å². The number of nitrogens with one attached hydrogen (secondary N) is 1. The summed E-state index contributed by atoms with van der Waals surface area (Å²) in [6.45, 7) is 5.15. The summed E-state index contributed by atoms with van der Waals surface area (Å²) in [5, 5.41) is 4.90. The van der Waals surface area contributed by atoms with Gasteiger partial charge in [0.2, 0.25) is 0 Å². The van der Waals surface area contributed by atoms with Crippen LogP contribution in [0.5, 0.6) is 0 Å². The Labute approximate surface area is 196 Å². The highest BCUT2D eigenvalue weighted by Crippen LogP contribution is 2.45. The number of nitrogens with zero attached hydrogens (tertiary/aromatic N) is 2. The fourth-order valence-electron chi connectivity index (χ4n) is 3.62. The Kier molecular flexibility index (Phi) is 6.31. The van der Waals surface area contributed by atoms with Crippen LogP contribution in [0.25, 0.3) is 20.8 Å². The van der Waals surface area contributed by atoms with E-state index in [1.165, 1.54) is 10.4 Å². The zero-order chi connectivity index (χ0) is 20.0. The number of halogens is 2. The van der Waals surface area contributed by atoms with Crippen LogP contribution in [0, 0.1) is 0 Å². The maximum atomic E-state index is 12.8. The van der Waals surface area contributed by atoms with Crippen LogP contribution >= 0.6 is 51.0 Å². The molecule has 1 aliphatic rings. The van der Waals surface area contributed by atoms with E-state index in [0.29, 0.717) is 4.67 Å². The molecular weight excluding hydrogens is 506 g/mol. The summed E-state index contributed by atoms with van der Waals surface area (Å²) in [4.78, 5) is 21.4. The fraction of sp³-hybridized carbons (Fsp3) is 0.238. The van der Waals surface area contributed by atoms with Gasteiger partial charge in [-0.3, -0.25) is 9.69 Å². The SMILES string of the molecule is CCN1CCc2c(sc(NC(=O)c3ccc(Br)o3)c2-c2nc3ccccc3s2)C1.Cl. The summed E-state index contributed by atoms with van der Waals surface area (Å²) in [5.74, 6) is 0.0395. The summed E-state index contributed by atoms with van der Waals surface area (Å²) >= 11 is 6.59. The largest absolute Gasteiger partial charge is 0.444 e. The van der Waals surface area contributed by atoms with Crippen molar-refractivity contribution in [3.63, 3.8) is 0 Å². The number of benzene rings is 1. The highest BCUT2D eigenvalue weighted by atomic mass is 79.9. The lowest BCUT2D eigenvalue weighted by molar-refractivity contribution is 0.0996. The van der Waals surface area contributed by atoms with Crippen molar-refractivity contribution < 1.29 is 9.21 Å². The van der Waals surface area contributed by atoms with Crippen LogP contribution in [0.15, 0.2) is 45.5 Å². The van der Waals surface area contributed by atoms with Gasteiger partial charge in [0.15, 0.2) is 10.4 Å². The number of thiazole rings is 1. The number of carbonyl (C=O) groups is 1. The summed E-state index contributed by atoms with van der Waals surface area (Å²) in [5.41, 5.74) is 3.38. The lowest BCUT2D eigenvalue weighted by Gasteiger charge is -2.25. The number of hydrogen-bond acceptors (Lipinski definition) is 6. The van der Waals surface area contributed by atoms with Crippen molar-refractivity contribution in [1.82, 2.24) is 9.88 Å². The molecule has 0 saturated carbocycles. The molecule has 9 heteroatoms. The van der Waals surface area contributed by atoms with Crippen LogP contribution in [-0.2, 0) is 13.0 Å². The number of rotatable bonds is 4. The molecule has 4 heterocycles. The van der Waals surface area contributed by atoms with Gasteiger partial charge in [0.1, 0.15) is 10.0 Å². The quantitative estimate of drug-likeness (QED) is 0.334. The minimum absolute atomic E-state index is 0. The highest BCUT2D eigenvalue weighted by Gasteiger charge is 2.27. The minimum atomic E-state index is -0.246. The molecule has 1 aromatic carbocycles. The summed E-state index contributed by atoms with van der Waals surface area (Å²) < 4.78 is 7.13. The Morgan fingerprint density at radius 1 is 1.27 bits per heavy atom. The first-order valence-electron chi connectivity index (χ1n) is 9.42. The zero-order valence-corrected chi connectivity index (χ0v) is 20.1. The van der Waals surface area contributed by atoms with E-state index in [2.05, 4.69) is 39.1 Å². The van der Waals surface area contributed by atoms with Gasteiger partial charge in [0.25, 0.3) is 5.91 Å². The number of thiophene rings is 1. The highest BCUT2D eigenvalue weighted by molar-refractivity contribution is 9.10. The number of hydrogen-bond donors (Lipinski definition) is 1. The lowest BCUT2D eigenvalue weighted by Crippen LogP contribution is -2.29. The van der Waals surface area contributed by atoms with Gasteiger partial charge >= 0.3 is 0 Å². The van der Waals surface area contributed by atoms with Crippen LogP contribution in [0.1, 0.15) is 27.9 Å². The first kappa shape index (κ1) is 21.5. The van der Waals surface area contributed by atoms with E-state index >= 15 is 0 Å². The van der Waals surface area contributed by atoms with E-state index in [1.54, 1.807) is 34.8 Å². The van der Waals surface area contributed by atoms with Crippen LogP contribution in [-0.4, -0.2) is 28.9 Å². The van der Waals surface area contributed by atoms with E-state index < -0.39 is 0 Å². The molecule has 3 aromatic heterocycles. The summed E-state index contributed by atoms with van der Waals surface area (Å²) in [6, 6.07) is 11.6. The van der Waals surface area contributed by atoms with E-state index in [1.807, 2.05) is 18.2 Å². The fourth-order valence-corrected chi connectivity index (χ4v) is 6.32. The Morgan fingerprint density at radius 3 is 2.83 bits per heavy atom. The Hall–Kier alpha value is -1.71. The van der Waals surface area contributed by atoms with Crippen LogP contribution in [0.2, 0.25) is 0 Å². The molecule has 5 nitrogen and oxygen atoms in total. The van der Waals surface area contributed by atoms with Crippen molar-refractivity contribution in [2.24, 2.45) is 0 Å². The van der Waals surface area contributed by atoms with E-state index in [4.69, 9.17) is 9.40 Å². The molecule has 1 N–H and O–H groups in total. The van der Waals surface area contributed by atoms with Crippen LogP contribution in [0.3, 0.4) is 0 Å². The van der Waals surface area contributed by atoms with Crippen molar-refractivity contribution in [1.29, 1.82) is 0 Å². The lowest BCUT2D eigenvalue weighted by atomic mass is 10.0. The molecule has 0 fully saturated rings. The number of carbonyl (C=O) groups excluding carboxylic acids is 1. The smallest absolute Gasteiger partial charge is 0.292 e. The third-order valence-electron chi connectivity index (χ3n) is 5.11. The number of likely N-dealkylation sites (N-methyl/N-ethyl adjacent to an activating group) is 1. The molecule has 30 heavy (non-hydrogen) atoms. The number of furan rings is 1. The molecule has 0 radical (unpaired) electrons. The number of amides is 1. The normalized spacial score (nSPS) is 13.8. The average molecular weight is 525 g/mol. The minimum Gasteiger partial charge on any atom is -0.444 e. The van der Waals surface area contributed by atoms with Gasteiger partial charge in [-0.25, -0.2) is 4.98 Å². The van der Waals surface area contributed by atoms with Crippen LogP contribution in [0.4, 0.5) is 5.00 Å². The Bertz CT molecular complexity index is 1180. The molecule has 0 atom stereocenters. The van der Waals surface area contributed by atoms with Gasteiger partial charge in [-0.2, -0.15) is 0 Å². The molecule has 0 bridgehead atoms. The number of aromatic nitrogens is 1. The van der Waals surface area contributed by atoms with Gasteiger partial charge < -0.3 is 9.73 Å². The van der Waals surface area contributed by atoms with E-state index in [0.717, 1.165) is 51.8 Å². The summed E-state index contributed by atoms with van der Waals surface area (Å²) in [7, 11) is 0. The second-order valence-electron chi connectivity index (χ2n) is 6.87. The Morgan fingerprint density at radius 2 is 2.10 bits per heavy atom. The van der Waals surface area contributed by atoms with Gasteiger partial charge in [-0.05, 0) is 58.7 Å². The number of para-hydroxylation sites is 1. The molecule has 1 aliphatic heterocycles. The standard InChI is InChI=1S/C21H18BrN3O2S2.ClH/c1-2-25-10-9-12-16(11-25)29-21(24-19(26)14-7-8-17(22)27-14)18(12)20-23-13-5-3-4-6-15(13)28-20;/h3-8H,2,9-11H2,1H3,(H,24,26);1H. The van der Waals surface area contributed by atoms with E-state index in [-0.39, 0.29) is 24.1 Å². The van der Waals surface area contributed by atoms with Crippen molar-refractivity contribution in [3.05, 3.63) is 57.3 Å². The molecular formula is C21H19BrClN3O2S2. The van der Waals surface area contributed by atoms with E-state index in [9.17, 15) is 4.79 Å². The monoisotopic (exact) mass is 523 g/mol. The molecule has 0 unspecified atom stereocenters. The molecule has 1 amide bonds. The summed E-state index contributed by atoms with van der Waals surface area (Å²) in [6.07, 6.45) is 0.965.